The van der Waals surface area contributed by atoms with E-state index in [1.165, 1.54) is 25.3 Å². The Morgan fingerprint density at radius 1 is 1.07 bits per heavy atom. The fourth-order valence-corrected chi connectivity index (χ4v) is 2.46. The van der Waals surface area contributed by atoms with Crippen LogP contribution >= 0.6 is 0 Å². The summed E-state index contributed by atoms with van der Waals surface area (Å²) < 4.78 is 5.05. The minimum absolute atomic E-state index is 0.0163. The van der Waals surface area contributed by atoms with E-state index in [-0.39, 0.29) is 16.7 Å². The molecule has 0 aliphatic rings. The lowest BCUT2D eigenvalue weighted by atomic mass is 9.95. The van der Waals surface area contributed by atoms with Gasteiger partial charge in [-0.3, -0.25) is 25.0 Å². The number of nitro benzene ring substituents is 2. The maximum Gasteiger partial charge on any atom is 0.284 e. The molecule has 2 aromatic rings. The number of nitrogens with zero attached hydrogens (tertiary/aromatic N) is 3. The van der Waals surface area contributed by atoms with Crippen molar-refractivity contribution < 1.29 is 19.4 Å². The molecule has 0 N–H and O–H groups in total. The summed E-state index contributed by atoms with van der Waals surface area (Å²) in [6, 6.07) is 8.06. The van der Waals surface area contributed by atoms with Gasteiger partial charge >= 0.3 is 0 Å². The van der Waals surface area contributed by atoms with Crippen LogP contribution in [0.4, 0.5) is 11.4 Å². The van der Waals surface area contributed by atoms with Gasteiger partial charge in [-0.15, -0.1) is 0 Å². The van der Waals surface area contributed by atoms with Crippen molar-refractivity contribution in [2.24, 2.45) is 0 Å². The first-order valence-corrected chi connectivity index (χ1v) is 8.17. The molecule has 2 aromatic carbocycles. The predicted molar refractivity (Wildman–Crippen MR) is 104 cm³/mol. The normalized spacial score (nSPS) is 11.1. The maximum absolute atomic E-state index is 13.0. The number of hydrogen-bond donors (Lipinski definition) is 0. The van der Waals surface area contributed by atoms with Crippen molar-refractivity contribution in [3.63, 3.8) is 0 Å². The van der Waals surface area contributed by atoms with Crippen molar-refractivity contribution in [2.75, 3.05) is 21.2 Å². The first-order chi connectivity index (χ1) is 13.1. The molecule has 0 aliphatic carbocycles. The highest BCUT2D eigenvalue weighted by molar-refractivity contribution is 6.12. The Hall–Kier alpha value is -3.75. The number of non-ortho nitro benzene ring substituents is 1. The molecule has 0 radical (unpaired) electrons. The lowest BCUT2D eigenvalue weighted by Gasteiger charge is -2.14. The Bertz CT molecular complexity index is 964. The topological polar surface area (TPSA) is 116 Å². The quantitative estimate of drug-likeness (QED) is 0.405. The number of carbonyl (C=O) groups excluding carboxylic acids is 1. The highest BCUT2D eigenvalue weighted by Gasteiger charge is 2.27. The number of rotatable bonds is 7. The van der Waals surface area contributed by atoms with Crippen LogP contribution in [0.25, 0.3) is 6.08 Å². The van der Waals surface area contributed by atoms with Gasteiger partial charge in [0, 0.05) is 37.0 Å². The number of benzene rings is 2. The van der Waals surface area contributed by atoms with Crippen LogP contribution in [-0.2, 0) is 0 Å². The molecule has 0 heterocycles. The number of methoxy groups -OCH3 is 1. The van der Waals surface area contributed by atoms with Crippen LogP contribution in [0.15, 0.2) is 42.1 Å². The molecule has 0 amide bonds. The Balaban J connectivity index is 2.77. The van der Waals surface area contributed by atoms with E-state index in [0.717, 1.165) is 12.1 Å². The van der Waals surface area contributed by atoms with E-state index in [2.05, 4.69) is 0 Å². The third-order valence-electron chi connectivity index (χ3n) is 4.21. The fraction of sp³-hybridized carbons (Fsp3) is 0.211. The summed E-state index contributed by atoms with van der Waals surface area (Å²) in [5, 5.41) is 22.8. The summed E-state index contributed by atoms with van der Waals surface area (Å²) in [4.78, 5) is 36.1. The van der Waals surface area contributed by atoms with Crippen LogP contribution in [0.3, 0.4) is 0 Å². The number of ketones is 1. The van der Waals surface area contributed by atoms with Gasteiger partial charge in [-0.25, -0.2) is 0 Å². The third-order valence-corrected chi connectivity index (χ3v) is 4.21. The highest BCUT2D eigenvalue weighted by atomic mass is 16.6. The summed E-state index contributed by atoms with van der Waals surface area (Å²) in [6.07, 6.45) is 1.47. The minimum Gasteiger partial charge on any atom is -0.497 e. The van der Waals surface area contributed by atoms with Crippen molar-refractivity contribution >= 4 is 23.2 Å². The first kappa shape index (κ1) is 20.6. The minimum atomic E-state index is -0.760. The molecule has 28 heavy (non-hydrogen) atoms. The third kappa shape index (κ3) is 4.32. The van der Waals surface area contributed by atoms with Crippen LogP contribution in [0.5, 0.6) is 5.75 Å². The molecule has 0 saturated heterocycles. The molecule has 9 nitrogen and oxygen atoms in total. The average Bonchev–Trinajstić information content (AvgIpc) is 2.66. The van der Waals surface area contributed by atoms with Crippen molar-refractivity contribution in [1.82, 2.24) is 4.90 Å². The van der Waals surface area contributed by atoms with Gasteiger partial charge in [0.2, 0.25) is 0 Å². The predicted octanol–water partition coefficient (Wildman–Crippen LogP) is 3.67. The fourth-order valence-electron chi connectivity index (χ4n) is 2.46. The van der Waals surface area contributed by atoms with Crippen LogP contribution in [0.2, 0.25) is 0 Å². The van der Waals surface area contributed by atoms with E-state index in [1.54, 1.807) is 38.1 Å². The van der Waals surface area contributed by atoms with Gasteiger partial charge in [0.15, 0.2) is 5.78 Å². The largest absolute Gasteiger partial charge is 0.497 e. The molecule has 0 aliphatic heterocycles. The number of hydrogen-bond acceptors (Lipinski definition) is 7. The molecule has 9 heteroatoms. The van der Waals surface area contributed by atoms with Gasteiger partial charge in [0.05, 0.1) is 28.6 Å². The zero-order chi connectivity index (χ0) is 21.0. The molecular formula is C19H19N3O6. The number of allylic oxidation sites excluding steroid dienone is 1. The average molecular weight is 385 g/mol. The Morgan fingerprint density at radius 3 is 2.14 bits per heavy atom. The molecule has 0 atom stereocenters. The molecule has 146 valence electrons. The van der Waals surface area contributed by atoms with Gasteiger partial charge < -0.3 is 9.64 Å². The Labute approximate surface area is 161 Å². The van der Waals surface area contributed by atoms with Gasteiger partial charge in [-0.05, 0) is 37.3 Å². The van der Waals surface area contributed by atoms with Crippen molar-refractivity contribution in [3.05, 3.63) is 79.0 Å². The number of nitro groups is 2. The van der Waals surface area contributed by atoms with Crippen molar-refractivity contribution in [3.8, 4) is 5.75 Å². The van der Waals surface area contributed by atoms with Crippen LogP contribution in [-0.4, -0.2) is 41.7 Å². The van der Waals surface area contributed by atoms with Crippen LogP contribution < -0.4 is 4.74 Å². The van der Waals surface area contributed by atoms with E-state index in [9.17, 15) is 25.0 Å². The molecule has 2 rings (SSSR count). The summed E-state index contributed by atoms with van der Waals surface area (Å²) in [5.74, 6) is -0.0302. The highest BCUT2D eigenvalue weighted by Crippen LogP contribution is 2.32. The zero-order valence-electron chi connectivity index (χ0n) is 15.8. The number of carbonyl (C=O) groups is 1. The maximum atomic E-state index is 13.0. The molecule has 0 spiro atoms. The van der Waals surface area contributed by atoms with Crippen molar-refractivity contribution in [2.45, 2.75) is 6.92 Å². The van der Waals surface area contributed by atoms with E-state index in [4.69, 9.17) is 4.74 Å². The van der Waals surface area contributed by atoms with Crippen LogP contribution in [0.1, 0.15) is 28.4 Å². The van der Waals surface area contributed by atoms with Crippen molar-refractivity contribution in [1.29, 1.82) is 0 Å². The second kappa shape index (κ2) is 8.30. The molecule has 0 saturated carbocycles. The molecule has 0 bridgehead atoms. The summed E-state index contributed by atoms with van der Waals surface area (Å²) in [7, 11) is 4.97. The summed E-state index contributed by atoms with van der Waals surface area (Å²) in [6.45, 7) is 1.72. The first-order valence-electron chi connectivity index (χ1n) is 8.17. The van der Waals surface area contributed by atoms with E-state index < -0.39 is 27.0 Å². The van der Waals surface area contributed by atoms with E-state index >= 15 is 0 Å². The summed E-state index contributed by atoms with van der Waals surface area (Å²) >= 11 is 0. The van der Waals surface area contributed by atoms with Gasteiger partial charge in [0.25, 0.3) is 11.4 Å². The smallest absolute Gasteiger partial charge is 0.284 e. The summed E-state index contributed by atoms with van der Waals surface area (Å²) in [5.41, 5.74) is -0.265. The van der Waals surface area contributed by atoms with Gasteiger partial charge in [0.1, 0.15) is 5.75 Å². The van der Waals surface area contributed by atoms with E-state index in [1.807, 2.05) is 0 Å². The van der Waals surface area contributed by atoms with Gasteiger partial charge in [-0.1, -0.05) is 0 Å². The molecule has 0 fully saturated rings. The second-order valence-corrected chi connectivity index (χ2v) is 6.18. The lowest BCUT2D eigenvalue weighted by molar-refractivity contribution is -0.394. The van der Waals surface area contributed by atoms with E-state index in [0.29, 0.717) is 11.4 Å². The zero-order valence-corrected chi connectivity index (χ0v) is 15.8. The number of ether oxygens (including phenoxy) is 1. The molecule has 0 aromatic heterocycles. The monoisotopic (exact) mass is 385 g/mol. The Kier molecular flexibility index (Phi) is 6.09. The SMILES string of the molecule is COc1ccc(C(=O)c2cc([N+](=O)[O-])cc([N+](=O)[O-])c2/C=C(\C)N(C)C)cc1. The van der Waals surface area contributed by atoms with Gasteiger partial charge in [-0.2, -0.15) is 0 Å². The second-order valence-electron chi connectivity index (χ2n) is 6.18. The lowest BCUT2D eigenvalue weighted by Crippen LogP contribution is -2.11. The standard InChI is InChI=1S/C19H19N3O6/c1-12(20(2)3)9-16-17(10-14(21(24)25)11-18(16)22(26)27)19(23)13-5-7-15(28-4)8-6-13/h5-11H,1-4H3/b12-9+. The molecular weight excluding hydrogens is 366 g/mol. The molecule has 0 unspecified atom stereocenters. The Morgan fingerprint density at radius 2 is 1.68 bits per heavy atom. The van der Waals surface area contributed by atoms with Crippen LogP contribution in [0, 0.1) is 20.2 Å².